The number of rotatable bonds is 2. The lowest BCUT2D eigenvalue weighted by Crippen LogP contribution is -2.20. The van der Waals surface area contributed by atoms with Crippen LogP contribution in [0.15, 0.2) is 12.1 Å². The van der Waals surface area contributed by atoms with Crippen molar-refractivity contribution in [2.45, 2.75) is 13.3 Å². The third kappa shape index (κ3) is 4.87. The molecule has 17 heavy (non-hydrogen) atoms. The molecule has 0 aliphatic rings. The van der Waals surface area contributed by atoms with Gasteiger partial charge in [0.1, 0.15) is 0 Å². The molecule has 0 aromatic heterocycles. The van der Waals surface area contributed by atoms with Gasteiger partial charge in [0.2, 0.25) is 5.91 Å². The summed E-state index contributed by atoms with van der Waals surface area (Å²) in [4.78, 5) is 10.6. The van der Waals surface area contributed by atoms with Crippen LogP contribution >= 0.6 is 34.8 Å². The number of amides is 1. The van der Waals surface area contributed by atoms with E-state index in [1.165, 1.54) is 6.92 Å². The Morgan fingerprint density at radius 2 is 1.88 bits per heavy atom. The second-order valence-corrected chi connectivity index (χ2v) is 4.50. The Kier molecular flexibility index (Phi) is 5.64. The first-order valence-corrected chi connectivity index (χ1v) is 6.02. The van der Waals surface area contributed by atoms with Crippen LogP contribution in [0.2, 0.25) is 15.1 Å². The van der Waals surface area contributed by atoms with Gasteiger partial charge >= 0.3 is 0 Å². The van der Waals surface area contributed by atoms with Crippen LogP contribution in [0.3, 0.4) is 0 Å². The van der Waals surface area contributed by atoms with E-state index < -0.39 is 0 Å². The van der Waals surface area contributed by atoms with Crippen LogP contribution in [0, 0.1) is 11.8 Å². The van der Waals surface area contributed by atoms with E-state index in [0.29, 0.717) is 33.6 Å². The number of halogens is 3. The van der Waals surface area contributed by atoms with Gasteiger partial charge in [0.15, 0.2) is 0 Å². The van der Waals surface area contributed by atoms with Crippen molar-refractivity contribution in [3.05, 3.63) is 32.8 Å². The predicted molar refractivity (Wildman–Crippen MR) is 71.7 cm³/mol. The van der Waals surface area contributed by atoms with E-state index in [4.69, 9.17) is 34.8 Å². The highest BCUT2D eigenvalue weighted by Gasteiger charge is 2.03. The van der Waals surface area contributed by atoms with Gasteiger partial charge in [-0.1, -0.05) is 46.6 Å². The average Bonchev–Trinajstić information content (AvgIpc) is 2.24. The number of benzene rings is 1. The smallest absolute Gasteiger partial charge is 0.216 e. The van der Waals surface area contributed by atoms with Crippen LogP contribution in [0.25, 0.3) is 0 Å². The van der Waals surface area contributed by atoms with Crippen LogP contribution in [-0.2, 0) is 4.79 Å². The zero-order chi connectivity index (χ0) is 12.8. The minimum absolute atomic E-state index is 0.0700. The van der Waals surface area contributed by atoms with Gasteiger partial charge in [-0.05, 0) is 12.1 Å². The fourth-order valence-corrected chi connectivity index (χ4v) is 1.67. The van der Waals surface area contributed by atoms with E-state index in [2.05, 4.69) is 17.2 Å². The highest BCUT2D eigenvalue weighted by atomic mass is 35.5. The summed E-state index contributed by atoms with van der Waals surface area (Å²) in [7, 11) is 0. The van der Waals surface area contributed by atoms with Gasteiger partial charge in [0.05, 0.1) is 15.1 Å². The summed E-state index contributed by atoms with van der Waals surface area (Å²) in [6.45, 7) is 1.98. The van der Waals surface area contributed by atoms with Crippen molar-refractivity contribution >= 4 is 40.7 Å². The van der Waals surface area contributed by atoms with Gasteiger partial charge in [-0.25, -0.2) is 0 Å². The predicted octanol–water partition coefficient (Wildman–Crippen LogP) is 3.52. The molecule has 90 valence electrons. The molecule has 0 bridgehead atoms. The van der Waals surface area contributed by atoms with E-state index >= 15 is 0 Å². The molecule has 0 aliphatic carbocycles. The molecule has 0 saturated heterocycles. The Bertz CT molecular complexity index is 489. The van der Waals surface area contributed by atoms with Crippen molar-refractivity contribution in [1.82, 2.24) is 5.32 Å². The number of carbonyl (C=O) groups is 1. The largest absolute Gasteiger partial charge is 0.355 e. The van der Waals surface area contributed by atoms with Gasteiger partial charge in [-0.15, -0.1) is 0 Å². The standard InChI is InChI=1S/C12H10Cl3NO/c1-8(17)16-5-3-2-4-9-6-11(14)12(15)7-10(9)13/h6-7H,3,5H2,1H3,(H,16,17). The zero-order valence-electron chi connectivity index (χ0n) is 9.11. The molecular weight excluding hydrogens is 280 g/mol. The Morgan fingerprint density at radius 3 is 2.53 bits per heavy atom. The summed E-state index contributed by atoms with van der Waals surface area (Å²) in [6, 6.07) is 3.18. The minimum Gasteiger partial charge on any atom is -0.355 e. The van der Waals surface area contributed by atoms with E-state index in [9.17, 15) is 4.79 Å². The molecule has 0 aliphatic heterocycles. The van der Waals surface area contributed by atoms with Crippen LogP contribution < -0.4 is 5.32 Å². The molecule has 2 nitrogen and oxygen atoms in total. The molecule has 0 radical (unpaired) electrons. The van der Waals surface area contributed by atoms with E-state index in [1.54, 1.807) is 12.1 Å². The third-order valence-corrected chi connectivity index (χ3v) is 2.89. The lowest BCUT2D eigenvalue weighted by molar-refractivity contribution is -0.118. The molecule has 5 heteroatoms. The molecule has 1 rings (SSSR count). The van der Waals surface area contributed by atoms with Crippen molar-refractivity contribution in [3.8, 4) is 11.8 Å². The first-order valence-electron chi connectivity index (χ1n) is 4.88. The van der Waals surface area contributed by atoms with Crippen molar-refractivity contribution in [1.29, 1.82) is 0 Å². The van der Waals surface area contributed by atoms with E-state index in [0.717, 1.165) is 0 Å². The Labute approximate surface area is 115 Å². The SMILES string of the molecule is CC(=O)NCCC#Cc1cc(Cl)c(Cl)cc1Cl. The number of hydrogen-bond donors (Lipinski definition) is 1. The summed E-state index contributed by atoms with van der Waals surface area (Å²) in [5.74, 6) is 5.70. The molecule has 1 aromatic rings. The van der Waals surface area contributed by atoms with E-state index in [-0.39, 0.29) is 5.91 Å². The highest BCUT2D eigenvalue weighted by molar-refractivity contribution is 6.43. The molecule has 0 fully saturated rings. The fourth-order valence-electron chi connectivity index (χ4n) is 1.08. The molecular formula is C12H10Cl3NO. The average molecular weight is 291 g/mol. The maximum atomic E-state index is 10.6. The molecule has 1 amide bonds. The van der Waals surface area contributed by atoms with Gasteiger partial charge in [-0.3, -0.25) is 4.79 Å². The number of carbonyl (C=O) groups excluding carboxylic acids is 1. The Morgan fingerprint density at radius 1 is 1.24 bits per heavy atom. The highest BCUT2D eigenvalue weighted by Crippen LogP contribution is 2.28. The van der Waals surface area contributed by atoms with Crippen LogP contribution in [0.1, 0.15) is 18.9 Å². The summed E-state index contributed by atoms with van der Waals surface area (Å²) >= 11 is 17.6. The van der Waals surface area contributed by atoms with Crippen LogP contribution in [0.4, 0.5) is 0 Å². The fraction of sp³-hybridized carbons (Fsp3) is 0.250. The summed E-state index contributed by atoms with van der Waals surface area (Å²) in [5, 5.41) is 3.93. The lowest BCUT2D eigenvalue weighted by Gasteiger charge is -1.99. The molecule has 0 heterocycles. The van der Waals surface area contributed by atoms with Crippen molar-refractivity contribution < 1.29 is 4.79 Å². The number of nitrogens with one attached hydrogen (secondary N) is 1. The Balaban J connectivity index is 2.66. The topological polar surface area (TPSA) is 29.1 Å². The van der Waals surface area contributed by atoms with Gasteiger partial charge in [-0.2, -0.15) is 0 Å². The van der Waals surface area contributed by atoms with Crippen LogP contribution in [-0.4, -0.2) is 12.5 Å². The zero-order valence-corrected chi connectivity index (χ0v) is 11.4. The Hall–Kier alpha value is -0.880. The first kappa shape index (κ1) is 14.2. The summed E-state index contributed by atoms with van der Waals surface area (Å²) in [6.07, 6.45) is 0.552. The second-order valence-electron chi connectivity index (χ2n) is 3.28. The monoisotopic (exact) mass is 289 g/mol. The van der Waals surface area contributed by atoms with Crippen molar-refractivity contribution in [2.24, 2.45) is 0 Å². The molecule has 1 N–H and O–H groups in total. The van der Waals surface area contributed by atoms with E-state index in [1.807, 2.05) is 0 Å². The van der Waals surface area contributed by atoms with Gasteiger partial charge in [0.25, 0.3) is 0 Å². The summed E-state index contributed by atoms with van der Waals surface area (Å²) in [5.41, 5.74) is 0.629. The van der Waals surface area contributed by atoms with Gasteiger partial charge in [0, 0.05) is 25.5 Å². The first-order chi connectivity index (χ1) is 8.00. The number of hydrogen-bond acceptors (Lipinski definition) is 1. The molecule has 0 atom stereocenters. The lowest BCUT2D eigenvalue weighted by atomic mass is 10.2. The van der Waals surface area contributed by atoms with Crippen molar-refractivity contribution in [2.75, 3.05) is 6.54 Å². The second kappa shape index (κ2) is 6.76. The van der Waals surface area contributed by atoms with Gasteiger partial charge < -0.3 is 5.32 Å². The minimum atomic E-state index is -0.0700. The third-order valence-electron chi connectivity index (χ3n) is 1.86. The maximum absolute atomic E-state index is 10.6. The van der Waals surface area contributed by atoms with Crippen LogP contribution in [0.5, 0.6) is 0 Å². The molecule has 0 saturated carbocycles. The molecule has 1 aromatic carbocycles. The van der Waals surface area contributed by atoms with Crippen molar-refractivity contribution in [3.63, 3.8) is 0 Å². The normalized spacial score (nSPS) is 9.41. The molecule has 0 spiro atoms. The summed E-state index contributed by atoms with van der Waals surface area (Å²) < 4.78 is 0. The quantitative estimate of drug-likeness (QED) is 0.504. The molecule has 0 unspecified atom stereocenters. The maximum Gasteiger partial charge on any atom is 0.216 e.